The Hall–Kier alpha value is -4.27. The first kappa shape index (κ1) is 18.5. The second kappa shape index (κ2) is 7.96. The molecule has 0 saturated carbocycles. The summed E-state index contributed by atoms with van der Waals surface area (Å²) in [5.41, 5.74) is 0.140. The number of amides is 1. The first-order chi connectivity index (χ1) is 13.4. The molecule has 1 amide bonds. The van der Waals surface area contributed by atoms with Gasteiger partial charge in [0.25, 0.3) is 17.3 Å². The summed E-state index contributed by atoms with van der Waals surface area (Å²) in [5, 5.41) is 24.2. The molecule has 0 atom stereocenters. The zero-order valence-corrected chi connectivity index (χ0v) is 14.3. The molecule has 9 heteroatoms. The Balaban J connectivity index is 1.69. The molecular weight excluding hydrogens is 366 g/mol. The lowest BCUT2D eigenvalue weighted by molar-refractivity contribution is -0.384. The summed E-state index contributed by atoms with van der Waals surface area (Å²) < 4.78 is 5.57. The number of carbonyl (C=O) groups is 1. The maximum Gasteiger partial charge on any atom is 0.292 e. The standard InChI is InChI=1S/C19H13N3O6/c23-19(20-17-3-1-2-4-18(17)22(26)27)13-5-9-15(10-6-13)28-16-11-7-14(8-12-16)21(24)25/h1-12H,(H,20,23). The van der Waals surface area contributed by atoms with Crippen molar-refractivity contribution in [2.45, 2.75) is 0 Å². The summed E-state index contributed by atoms with van der Waals surface area (Å²) >= 11 is 0. The van der Waals surface area contributed by atoms with Crippen molar-refractivity contribution in [1.29, 1.82) is 0 Å². The number of nitro benzene ring substituents is 2. The van der Waals surface area contributed by atoms with E-state index < -0.39 is 15.8 Å². The van der Waals surface area contributed by atoms with Crippen molar-refractivity contribution in [3.8, 4) is 11.5 Å². The van der Waals surface area contributed by atoms with Gasteiger partial charge >= 0.3 is 0 Å². The third-order valence-corrected chi connectivity index (χ3v) is 3.75. The molecule has 140 valence electrons. The fourth-order valence-electron chi connectivity index (χ4n) is 2.38. The molecule has 0 aliphatic rings. The van der Waals surface area contributed by atoms with Crippen LogP contribution in [0.4, 0.5) is 17.1 Å². The molecule has 0 aromatic heterocycles. The lowest BCUT2D eigenvalue weighted by Crippen LogP contribution is -2.12. The van der Waals surface area contributed by atoms with E-state index in [1.807, 2.05) is 0 Å². The molecule has 0 saturated heterocycles. The highest BCUT2D eigenvalue weighted by atomic mass is 16.6. The van der Waals surface area contributed by atoms with E-state index >= 15 is 0 Å². The molecule has 0 aliphatic heterocycles. The number of para-hydroxylation sites is 2. The van der Waals surface area contributed by atoms with Crippen molar-refractivity contribution in [3.05, 3.63) is 98.6 Å². The topological polar surface area (TPSA) is 125 Å². The van der Waals surface area contributed by atoms with Crippen LogP contribution in [-0.4, -0.2) is 15.8 Å². The minimum Gasteiger partial charge on any atom is -0.457 e. The zero-order valence-electron chi connectivity index (χ0n) is 14.3. The minimum absolute atomic E-state index is 0.0469. The summed E-state index contributed by atoms with van der Waals surface area (Å²) in [6.07, 6.45) is 0. The summed E-state index contributed by atoms with van der Waals surface area (Å²) in [4.78, 5) is 32.9. The molecule has 1 N–H and O–H groups in total. The van der Waals surface area contributed by atoms with E-state index in [9.17, 15) is 25.0 Å². The van der Waals surface area contributed by atoms with E-state index in [-0.39, 0.29) is 22.6 Å². The molecule has 9 nitrogen and oxygen atoms in total. The van der Waals surface area contributed by atoms with E-state index in [1.54, 1.807) is 18.2 Å². The number of nitrogens with zero attached hydrogens (tertiary/aromatic N) is 2. The van der Waals surface area contributed by atoms with Crippen LogP contribution in [0.3, 0.4) is 0 Å². The number of hydrogen-bond donors (Lipinski definition) is 1. The predicted octanol–water partition coefficient (Wildman–Crippen LogP) is 4.55. The highest BCUT2D eigenvalue weighted by Crippen LogP contribution is 2.26. The van der Waals surface area contributed by atoms with Gasteiger partial charge < -0.3 is 10.1 Å². The van der Waals surface area contributed by atoms with E-state index in [0.29, 0.717) is 11.5 Å². The van der Waals surface area contributed by atoms with Crippen molar-refractivity contribution in [1.82, 2.24) is 0 Å². The molecule has 3 aromatic carbocycles. The molecular formula is C19H13N3O6. The van der Waals surface area contributed by atoms with Gasteiger partial charge in [0, 0.05) is 23.8 Å². The Morgan fingerprint density at radius 1 is 0.786 bits per heavy atom. The van der Waals surface area contributed by atoms with Crippen molar-refractivity contribution >= 4 is 23.0 Å². The minimum atomic E-state index is -0.573. The second-order valence-electron chi connectivity index (χ2n) is 5.61. The average Bonchev–Trinajstić information content (AvgIpc) is 2.69. The van der Waals surface area contributed by atoms with Crippen LogP contribution in [0.2, 0.25) is 0 Å². The fraction of sp³-hybridized carbons (Fsp3) is 0. The van der Waals surface area contributed by atoms with E-state index in [4.69, 9.17) is 4.74 Å². The Bertz CT molecular complexity index is 1030. The Morgan fingerprint density at radius 2 is 1.36 bits per heavy atom. The number of nitro groups is 2. The number of non-ortho nitro benzene ring substituents is 1. The molecule has 0 aliphatic carbocycles. The fourth-order valence-corrected chi connectivity index (χ4v) is 2.38. The Labute approximate surface area is 158 Å². The van der Waals surface area contributed by atoms with Crippen molar-refractivity contribution in [2.24, 2.45) is 0 Å². The molecule has 0 radical (unpaired) electrons. The van der Waals surface area contributed by atoms with Crippen molar-refractivity contribution < 1.29 is 19.4 Å². The molecule has 0 spiro atoms. The largest absolute Gasteiger partial charge is 0.457 e. The summed E-state index contributed by atoms with van der Waals surface area (Å²) in [5.74, 6) is 0.329. The number of rotatable bonds is 6. The summed E-state index contributed by atoms with van der Waals surface area (Å²) in [6.45, 7) is 0. The molecule has 0 fully saturated rings. The van der Waals surface area contributed by atoms with Gasteiger partial charge in [-0.15, -0.1) is 0 Å². The SMILES string of the molecule is O=C(Nc1ccccc1[N+](=O)[O-])c1ccc(Oc2ccc([N+](=O)[O-])cc2)cc1. The lowest BCUT2D eigenvalue weighted by Gasteiger charge is -2.08. The van der Waals surface area contributed by atoms with E-state index in [1.165, 1.54) is 54.6 Å². The summed E-state index contributed by atoms with van der Waals surface area (Å²) in [7, 11) is 0. The van der Waals surface area contributed by atoms with Crippen LogP contribution >= 0.6 is 0 Å². The number of benzene rings is 3. The maximum absolute atomic E-state index is 12.3. The third-order valence-electron chi connectivity index (χ3n) is 3.75. The van der Waals surface area contributed by atoms with Gasteiger partial charge in [-0.05, 0) is 42.5 Å². The van der Waals surface area contributed by atoms with Gasteiger partial charge in [0.2, 0.25) is 0 Å². The van der Waals surface area contributed by atoms with Gasteiger partial charge in [-0.3, -0.25) is 25.0 Å². The highest BCUT2D eigenvalue weighted by molar-refractivity contribution is 6.05. The Morgan fingerprint density at radius 3 is 1.93 bits per heavy atom. The van der Waals surface area contributed by atoms with E-state index in [2.05, 4.69) is 5.32 Å². The van der Waals surface area contributed by atoms with E-state index in [0.717, 1.165) is 0 Å². The van der Waals surface area contributed by atoms with Crippen LogP contribution in [0, 0.1) is 20.2 Å². The molecule has 3 aromatic rings. The molecule has 0 heterocycles. The number of hydrogen-bond acceptors (Lipinski definition) is 6. The van der Waals surface area contributed by atoms with Crippen LogP contribution in [-0.2, 0) is 0 Å². The normalized spacial score (nSPS) is 10.1. The van der Waals surface area contributed by atoms with Gasteiger partial charge in [-0.2, -0.15) is 0 Å². The van der Waals surface area contributed by atoms with Gasteiger partial charge in [-0.25, -0.2) is 0 Å². The molecule has 28 heavy (non-hydrogen) atoms. The number of anilines is 1. The average molecular weight is 379 g/mol. The number of carbonyl (C=O) groups excluding carboxylic acids is 1. The third kappa shape index (κ3) is 4.28. The second-order valence-corrected chi connectivity index (χ2v) is 5.61. The Kier molecular flexibility index (Phi) is 5.26. The van der Waals surface area contributed by atoms with Gasteiger partial charge in [0.1, 0.15) is 17.2 Å². The smallest absolute Gasteiger partial charge is 0.292 e. The highest BCUT2D eigenvalue weighted by Gasteiger charge is 2.15. The van der Waals surface area contributed by atoms with Crippen LogP contribution in [0.1, 0.15) is 10.4 Å². The zero-order chi connectivity index (χ0) is 20.1. The number of ether oxygens (including phenoxy) is 1. The first-order valence-corrected chi connectivity index (χ1v) is 8.01. The maximum atomic E-state index is 12.3. The molecule has 3 rings (SSSR count). The van der Waals surface area contributed by atoms with Crippen molar-refractivity contribution in [2.75, 3.05) is 5.32 Å². The van der Waals surface area contributed by atoms with Gasteiger partial charge in [0.05, 0.1) is 9.85 Å². The van der Waals surface area contributed by atoms with Crippen LogP contribution in [0.25, 0.3) is 0 Å². The molecule has 0 unspecified atom stereocenters. The first-order valence-electron chi connectivity index (χ1n) is 8.01. The van der Waals surface area contributed by atoms with Crippen LogP contribution < -0.4 is 10.1 Å². The summed E-state index contributed by atoms with van der Waals surface area (Å²) in [6, 6.07) is 17.5. The quantitative estimate of drug-likeness (QED) is 0.495. The predicted molar refractivity (Wildman–Crippen MR) is 101 cm³/mol. The number of nitrogens with one attached hydrogen (secondary N) is 1. The van der Waals surface area contributed by atoms with Gasteiger partial charge in [0.15, 0.2) is 0 Å². The van der Waals surface area contributed by atoms with Crippen molar-refractivity contribution in [3.63, 3.8) is 0 Å². The van der Waals surface area contributed by atoms with Crippen LogP contribution in [0.5, 0.6) is 11.5 Å². The lowest BCUT2D eigenvalue weighted by atomic mass is 10.2. The van der Waals surface area contributed by atoms with Gasteiger partial charge in [-0.1, -0.05) is 12.1 Å². The van der Waals surface area contributed by atoms with Crippen LogP contribution in [0.15, 0.2) is 72.8 Å². The monoisotopic (exact) mass is 379 g/mol. The molecule has 0 bridgehead atoms.